The fourth-order valence-electron chi connectivity index (χ4n) is 0.666. The van der Waals surface area contributed by atoms with E-state index in [0.29, 0.717) is 10.0 Å². The van der Waals surface area contributed by atoms with Crippen LogP contribution in [0.2, 0.25) is 5.02 Å². The molecule has 0 atom stereocenters. The summed E-state index contributed by atoms with van der Waals surface area (Å²) in [6.45, 7) is 0. The van der Waals surface area contributed by atoms with E-state index in [1.165, 1.54) is 13.3 Å². The second kappa shape index (κ2) is 5.02. The van der Waals surface area contributed by atoms with E-state index in [9.17, 15) is 4.79 Å². The third-order valence-electron chi connectivity index (χ3n) is 1.20. The molecule has 0 aromatic carbocycles. The van der Waals surface area contributed by atoms with Gasteiger partial charge in [-0.25, -0.2) is 4.98 Å². The first-order valence-electron chi connectivity index (χ1n) is 3.54. The summed E-state index contributed by atoms with van der Waals surface area (Å²) in [5.74, 6) is -1.02. The Kier molecular flexibility index (Phi) is 3.97. The minimum Gasteiger partial charge on any atom is -0.481 e. The van der Waals surface area contributed by atoms with Gasteiger partial charge in [-0.3, -0.25) is 4.79 Å². The molecule has 7 heteroatoms. The van der Waals surface area contributed by atoms with Crippen molar-refractivity contribution in [1.29, 1.82) is 0 Å². The fourth-order valence-corrected chi connectivity index (χ4v) is 1.51. The third kappa shape index (κ3) is 3.04. The van der Waals surface area contributed by atoms with Gasteiger partial charge in [0.25, 0.3) is 0 Å². The molecule has 0 aliphatic heterocycles. The number of aromatic nitrogens is 2. The summed E-state index contributed by atoms with van der Waals surface area (Å²) in [4.78, 5) is 18.0. The highest BCUT2D eigenvalue weighted by Crippen LogP contribution is 2.25. The van der Waals surface area contributed by atoms with Crippen LogP contribution in [0.15, 0.2) is 11.2 Å². The van der Waals surface area contributed by atoms with E-state index in [1.54, 1.807) is 0 Å². The number of nitrogens with zero attached hydrogens (tertiary/aromatic N) is 2. The summed E-state index contributed by atoms with van der Waals surface area (Å²) in [6.07, 6.45) is 1.37. The zero-order valence-electron chi connectivity index (χ0n) is 7.23. The van der Waals surface area contributed by atoms with Crippen LogP contribution in [0.25, 0.3) is 0 Å². The standard InChI is InChI=1S/C7H7ClN2O3S/c1-13-7-9-2-4(8)6(10-7)14-3-5(11)12/h2H,3H2,1H3,(H,11,12). The van der Waals surface area contributed by atoms with Crippen molar-refractivity contribution in [2.45, 2.75) is 5.03 Å². The molecule has 5 nitrogen and oxygen atoms in total. The van der Waals surface area contributed by atoms with Gasteiger partial charge >= 0.3 is 12.0 Å². The molecule has 1 aromatic heterocycles. The van der Waals surface area contributed by atoms with Crippen LogP contribution < -0.4 is 4.74 Å². The first kappa shape index (κ1) is 11.1. The zero-order valence-corrected chi connectivity index (χ0v) is 8.80. The van der Waals surface area contributed by atoms with Crippen LogP contribution in [0.5, 0.6) is 6.01 Å². The van der Waals surface area contributed by atoms with Crippen LogP contribution >= 0.6 is 23.4 Å². The number of hydrogen-bond donors (Lipinski definition) is 1. The summed E-state index contributed by atoms with van der Waals surface area (Å²) in [6, 6.07) is 0.169. The van der Waals surface area contributed by atoms with Crippen molar-refractivity contribution in [3.05, 3.63) is 11.2 Å². The van der Waals surface area contributed by atoms with Gasteiger partial charge in [-0.05, 0) is 0 Å². The van der Waals surface area contributed by atoms with Gasteiger partial charge in [0.2, 0.25) is 0 Å². The molecule has 0 radical (unpaired) electrons. The number of halogens is 1. The first-order valence-corrected chi connectivity index (χ1v) is 4.91. The number of hydrogen-bond acceptors (Lipinski definition) is 5. The van der Waals surface area contributed by atoms with E-state index < -0.39 is 5.97 Å². The Bertz CT molecular complexity index is 348. The average molecular weight is 235 g/mol. The maximum Gasteiger partial charge on any atom is 0.317 e. The molecular weight excluding hydrogens is 228 g/mol. The highest BCUT2D eigenvalue weighted by Gasteiger charge is 2.08. The molecule has 1 N–H and O–H groups in total. The van der Waals surface area contributed by atoms with Gasteiger partial charge < -0.3 is 9.84 Å². The summed E-state index contributed by atoms with van der Waals surface area (Å²) in [5.41, 5.74) is 0. The summed E-state index contributed by atoms with van der Waals surface area (Å²) in [7, 11) is 1.43. The number of thioether (sulfide) groups is 1. The lowest BCUT2D eigenvalue weighted by atomic mass is 10.7. The molecule has 1 heterocycles. The molecule has 0 spiro atoms. The highest BCUT2D eigenvalue weighted by atomic mass is 35.5. The van der Waals surface area contributed by atoms with E-state index in [2.05, 4.69) is 9.97 Å². The number of carboxylic acid groups (broad SMARTS) is 1. The Morgan fingerprint density at radius 1 is 1.79 bits per heavy atom. The van der Waals surface area contributed by atoms with Crippen LogP contribution in [-0.2, 0) is 4.79 Å². The van der Waals surface area contributed by atoms with Crippen LogP contribution in [0, 0.1) is 0 Å². The Morgan fingerprint density at radius 3 is 3.07 bits per heavy atom. The Hall–Kier alpha value is -1.01. The van der Waals surface area contributed by atoms with Gasteiger partial charge in [-0.2, -0.15) is 4.98 Å². The summed E-state index contributed by atoms with van der Waals surface area (Å²) >= 11 is 6.76. The molecule has 0 fully saturated rings. The van der Waals surface area contributed by atoms with E-state index >= 15 is 0 Å². The van der Waals surface area contributed by atoms with Crippen LogP contribution in [0.1, 0.15) is 0 Å². The quantitative estimate of drug-likeness (QED) is 0.626. The van der Waals surface area contributed by atoms with Crippen molar-refractivity contribution in [2.75, 3.05) is 12.9 Å². The van der Waals surface area contributed by atoms with Gasteiger partial charge in [0.15, 0.2) is 0 Å². The second-order valence-electron chi connectivity index (χ2n) is 2.19. The van der Waals surface area contributed by atoms with E-state index in [1.807, 2.05) is 0 Å². The number of methoxy groups -OCH3 is 1. The van der Waals surface area contributed by atoms with Crippen molar-refractivity contribution >= 4 is 29.3 Å². The molecule has 0 unspecified atom stereocenters. The molecule has 0 bridgehead atoms. The molecular formula is C7H7ClN2O3S. The fraction of sp³-hybridized carbons (Fsp3) is 0.286. The SMILES string of the molecule is COc1ncc(Cl)c(SCC(=O)O)n1. The Morgan fingerprint density at radius 2 is 2.50 bits per heavy atom. The maximum atomic E-state index is 10.3. The van der Waals surface area contributed by atoms with Crippen LogP contribution in [0.4, 0.5) is 0 Å². The highest BCUT2D eigenvalue weighted by molar-refractivity contribution is 8.00. The van der Waals surface area contributed by atoms with Crippen molar-refractivity contribution in [3.8, 4) is 6.01 Å². The molecule has 1 aromatic rings. The normalized spacial score (nSPS) is 9.86. The van der Waals surface area contributed by atoms with Crippen molar-refractivity contribution in [3.63, 3.8) is 0 Å². The van der Waals surface area contributed by atoms with Gasteiger partial charge in [0.1, 0.15) is 5.03 Å². The number of carbonyl (C=O) groups is 1. The van der Waals surface area contributed by atoms with E-state index in [0.717, 1.165) is 11.8 Å². The molecule has 0 saturated carbocycles. The topological polar surface area (TPSA) is 72.3 Å². The average Bonchev–Trinajstić information content (AvgIpc) is 2.16. The predicted octanol–water partition coefficient (Wildman–Crippen LogP) is 1.32. The van der Waals surface area contributed by atoms with Gasteiger partial charge in [-0.1, -0.05) is 23.4 Å². The van der Waals surface area contributed by atoms with Crippen molar-refractivity contribution < 1.29 is 14.6 Å². The summed E-state index contributed by atoms with van der Waals surface area (Å²) < 4.78 is 4.78. The number of rotatable bonds is 4. The molecule has 0 saturated heterocycles. The number of carboxylic acids is 1. The Balaban J connectivity index is 2.78. The minimum absolute atomic E-state index is 0.0973. The lowest BCUT2D eigenvalue weighted by molar-refractivity contribution is -0.133. The lowest BCUT2D eigenvalue weighted by Gasteiger charge is -2.02. The van der Waals surface area contributed by atoms with Gasteiger partial charge in [-0.15, -0.1) is 0 Å². The molecule has 0 amide bonds. The van der Waals surface area contributed by atoms with Crippen molar-refractivity contribution in [2.24, 2.45) is 0 Å². The maximum absolute atomic E-state index is 10.3. The predicted molar refractivity (Wildman–Crippen MR) is 52.0 cm³/mol. The Labute approximate surface area is 89.5 Å². The number of ether oxygens (including phenoxy) is 1. The smallest absolute Gasteiger partial charge is 0.317 e. The molecule has 14 heavy (non-hydrogen) atoms. The van der Waals surface area contributed by atoms with Gasteiger partial charge in [0.05, 0.1) is 24.1 Å². The minimum atomic E-state index is -0.927. The van der Waals surface area contributed by atoms with Crippen molar-refractivity contribution in [1.82, 2.24) is 9.97 Å². The molecule has 1 rings (SSSR count). The zero-order chi connectivity index (χ0) is 10.6. The first-order chi connectivity index (χ1) is 6.63. The van der Waals surface area contributed by atoms with Crippen LogP contribution in [0.3, 0.4) is 0 Å². The van der Waals surface area contributed by atoms with Crippen LogP contribution in [-0.4, -0.2) is 33.9 Å². The molecule has 0 aliphatic rings. The molecule has 0 aliphatic carbocycles. The van der Waals surface area contributed by atoms with Gasteiger partial charge in [0, 0.05) is 0 Å². The lowest BCUT2D eigenvalue weighted by Crippen LogP contribution is -1.99. The monoisotopic (exact) mass is 234 g/mol. The largest absolute Gasteiger partial charge is 0.481 e. The number of aliphatic carboxylic acids is 1. The summed E-state index contributed by atoms with van der Waals surface area (Å²) in [5, 5.41) is 9.17. The van der Waals surface area contributed by atoms with E-state index in [-0.39, 0.29) is 11.8 Å². The van der Waals surface area contributed by atoms with E-state index in [4.69, 9.17) is 21.4 Å². The third-order valence-corrected chi connectivity index (χ3v) is 2.57. The molecule has 76 valence electrons. The second-order valence-corrected chi connectivity index (χ2v) is 3.56.